The van der Waals surface area contributed by atoms with Crippen molar-refractivity contribution in [3.05, 3.63) is 52.9 Å². The van der Waals surface area contributed by atoms with Crippen LogP contribution in [0.15, 0.2) is 24.4 Å². The van der Waals surface area contributed by atoms with Gasteiger partial charge in [0.2, 0.25) is 5.78 Å². The number of H-pyrrole nitrogens is 1. The highest BCUT2D eigenvalue weighted by molar-refractivity contribution is 7.90. The third kappa shape index (κ3) is 6.68. The highest BCUT2D eigenvalue weighted by Gasteiger charge is 2.27. The molecule has 0 unspecified atom stereocenters. The second-order valence-electron chi connectivity index (χ2n) is 10.9. The van der Waals surface area contributed by atoms with E-state index < -0.39 is 9.84 Å². The zero-order valence-electron chi connectivity index (χ0n) is 21.4. The van der Waals surface area contributed by atoms with Crippen LogP contribution in [-0.4, -0.2) is 65.7 Å². The van der Waals surface area contributed by atoms with Crippen molar-refractivity contribution in [2.24, 2.45) is 5.41 Å². The van der Waals surface area contributed by atoms with Crippen LogP contribution in [0.25, 0.3) is 5.57 Å². The van der Waals surface area contributed by atoms with Crippen molar-refractivity contribution in [1.29, 1.82) is 5.26 Å². The molecule has 0 bridgehead atoms. The number of nitriles is 1. The van der Waals surface area contributed by atoms with Crippen LogP contribution in [-0.2, 0) is 16.3 Å². The van der Waals surface area contributed by atoms with Crippen molar-refractivity contribution in [2.45, 2.75) is 58.3 Å². The molecule has 1 aliphatic heterocycles. The van der Waals surface area contributed by atoms with Crippen molar-refractivity contribution in [3.63, 3.8) is 0 Å². The van der Waals surface area contributed by atoms with E-state index in [4.69, 9.17) is 10.2 Å². The van der Waals surface area contributed by atoms with E-state index in [2.05, 4.69) is 34.8 Å². The smallest absolute Gasteiger partial charge is 0.202 e. The second-order valence-corrected chi connectivity index (χ2v) is 13.2. The Morgan fingerprint density at radius 3 is 2.64 bits per heavy atom. The van der Waals surface area contributed by atoms with Crippen LogP contribution in [0, 0.1) is 16.7 Å². The molecule has 2 aliphatic rings. The number of rotatable bonds is 8. The number of aromatic amines is 1. The summed E-state index contributed by atoms with van der Waals surface area (Å²) in [6, 6.07) is 6.04. The quantitative estimate of drug-likeness (QED) is 0.536. The lowest BCUT2D eigenvalue weighted by molar-refractivity contribution is 0.0983. The molecule has 3 heterocycles. The van der Waals surface area contributed by atoms with Gasteiger partial charge in [0.05, 0.1) is 17.6 Å². The van der Waals surface area contributed by atoms with E-state index in [1.165, 1.54) is 18.0 Å². The Balaban J connectivity index is 1.54. The van der Waals surface area contributed by atoms with Gasteiger partial charge in [-0.25, -0.2) is 13.4 Å². The average molecular weight is 510 g/mol. The van der Waals surface area contributed by atoms with Crippen molar-refractivity contribution in [3.8, 4) is 6.07 Å². The molecule has 36 heavy (non-hydrogen) atoms. The third-order valence-corrected chi connectivity index (χ3v) is 8.30. The van der Waals surface area contributed by atoms with Gasteiger partial charge in [-0.3, -0.25) is 9.78 Å². The fourth-order valence-corrected chi connectivity index (χ4v) is 5.56. The van der Waals surface area contributed by atoms with E-state index in [1.807, 2.05) is 18.2 Å². The molecule has 1 fully saturated rings. The summed E-state index contributed by atoms with van der Waals surface area (Å²) in [6.45, 7) is 6.84. The van der Waals surface area contributed by atoms with Crippen molar-refractivity contribution in [2.75, 3.05) is 31.6 Å². The molecular weight excluding hydrogens is 474 g/mol. The molecule has 0 spiro atoms. The van der Waals surface area contributed by atoms with Crippen molar-refractivity contribution >= 4 is 21.2 Å². The van der Waals surface area contributed by atoms with Crippen LogP contribution in [0.3, 0.4) is 0 Å². The summed E-state index contributed by atoms with van der Waals surface area (Å²) in [4.78, 5) is 27.1. The maximum absolute atomic E-state index is 12.9. The number of piperidine rings is 1. The SMILES string of the molecule is CC1(C)CC=C(c2nc(C3CCN(CCS(C)(=O)=O)CC3)ccc2CC(=O)c2ncc(C#N)[nH]2)CC1. The van der Waals surface area contributed by atoms with E-state index in [0.29, 0.717) is 12.5 Å². The maximum atomic E-state index is 12.9. The number of Topliss-reactive ketones (excluding diaryl/α,β-unsaturated/α-hetero) is 1. The fourth-order valence-electron chi connectivity index (χ4n) is 4.97. The maximum Gasteiger partial charge on any atom is 0.202 e. The van der Waals surface area contributed by atoms with Gasteiger partial charge in [0, 0.05) is 30.8 Å². The first-order chi connectivity index (χ1) is 17.0. The van der Waals surface area contributed by atoms with E-state index in [1.54, 1.807) is 0 Å². The Morgan fingerprint density at radius 2 is 2.03 bits per heavy atom. The molecule has 8 nitrogen and oxygen atoms in total. The van der Waals surface area contributed by atoms with E-state index in [0.717, 1.165) is 62.1 Å². The number of nitrogens with one attached hydrogen (secondary N) is 1. The molecule has 9 heteroatoms. The average Bonchev–Trinajstić information content (AvgIpc) is 3.33. The number of carbonyl (C=O) groups is 1. The fraction of sp³-hybridized carbons (Fsp3) is 0.556. The van der Waals surface area contributed by atoms with Gasteiger partial charge in [-0.1, -0.05) is 26.0 Å². The molecule has 1 N–H and O–H groups in total. The number of sulfone groups is 1. The molecule has 4 rings (SSSR count). The Bertz CT molecular complexity index is 1290. The van der Waals surface area contributed by atoms with Gasteiger partial charge in [-0.2, -0.15) is 5.26 Å². The van der Waals surface area contributed by atoms with Gasteiger partial charge in [0.15, 0.2) is 5.82 Å². The Labute approximate surface area is 213 Å². The number of imidazole rings is 1. The van der Waals surface area contributed by atoms with Crippen LogP contribution < -0.4 is 0 Å². The number of aromatic nitrogens is 3. The Hall–Kier alpha value is -2.83. The van der Waals surface area contributed by atoms with Gasteiger partial charge in [-0.05, 0) is 67.8 Å². The normalized spacial score (nSPS) is 19.0. The molecule has 0 aromatic carbocycles. The largest absolute Gasteiger partial charge is 0.327 e. The van der Waals surface area contributed by atoms with Gasteiger partial charge >= 0.3 is 0 Å². The first kappa shape index (κ1) is 26.2. The topological polar surface area (TPSA) is 120 Å². The summed E-state index contributed by atoms with van der Waals surface area (Å²) in [7, 11) is -2.96. The second kappa shape index (κ2) is 10.7. The van der Waals surface area contributed by atoms with E-state index in [9.17, 15) is 13.2 Å². The van der Waals surface area contributed by atoms with Crippen LogP contribution >= 0.6 is 0 Å². The number of allylic oxidation sites excluding steroid dienone is 2. The number of pyridine rings is 1. The van der Waals surface area contributed by atoms with Gasteiger partial charge in [0.25, 0.3) is 0 Å². The van der Waals surface area contributed by atoms with E-state index >= 15 is 0 Å². The van der Waals surface area contributed by atoms with Crippen LogP contribution in [0.1, 0.15) is 85.1 Å². The molecule has 2 aromatic heterocycles. The summed E-state index contributed by atoms with van der Waals surface area (Å²) in [6.07, 6.45) is 9.95. The lowest BCUT2D eigenvalue weighted by Crippen LogP contribution is -2.36. The molecule has 1 saturated heterocycles. The standard InChI is InChI=1S/C27H35N5O3S/c1-27(2)10-6-20(7-11-27)25-21(16-24(33)26-29-18-22(17-28)30-26)4-5-23(31-25)19-8-12-32(13-9-19)14-15-36(3,34)35/h4-6,18-19H,7-16H2,1-3H3,(H,29,30). The first-order valence-electron chi connectivity index (χ1n) is 12.6. The molecule has 192 valence electrons. The number of ketones is 1. The number of hydrogen-bond donors (Lipinski definition) is 1. The summed E-state index contributed by atoms with van der Waals surface area (Å²) in [5.41, 5.74) is 4.56. The first-order valence-corrected chi connectivity index (χ1v) is 14.7. The summed E-state index contributed by atoms with van der Waals surface area (Å²) >= 11 is 0. The number of hydrogen-bond acceptors (Lipinski definition) is 7. The highest BCUT2D eigenvalue weighted by atomic mass is 32.2. The monoisotopic (exact) mass is 509 g/mol. The molecular formula is C27H35N5O3S. The minimum atomic E-state index is -2.96. The van der Waals surface area contributed by atoms with Gasteiger partial charge in [-0.15, -0.1) is 0 Å². The van der Waals surface area contributed by atoms with E-state index in [-0.39, 0.29) is 34.9 Å². The lowest BCUT2D eigenvalue weighted by atomic mass is 9.77. The third-order valence-electron chi connectivity index (χ3n) is 7.37. The van der Waals surface area contributed by atoms with Crippen molar-refractivity contribution in [1.82, 2.24) is 19.9 Å². The molecule has 0 amide bonds. The van der Waals surface area contributed by atoms with Gasteiger partial charge in [0.1, 0.15) is 21.6 Å². The summed E-state index contributed by atoms with van der Waals surface area (Å²) in [5.74, 6) is 0.538. The van der Waals surface area contributed by atoms with Crippen LogP contribution in [0.2, 0.25) is 0 Å². The van der Waals surface area contributed by atoms with Crippen LogP contribution in [0.4, 0.5) is 0 Å². The Morgan fingerprint density at radius 1 is 1.28 bits per heavy atom. The number of carbonyl (C=O) groups excluding carboxylic acids is 1. The zero-order chi connectivity index (χ0) is 25.9. The molecule has 0 atom stereocenters. The van der Waals surface area contributed by atoms with Crippen LogP contribution in [0.5, 0.6) is 0 Å². The number of nitrogens with zero attached hydrogens (tertiary/aromatic N) is 4. The van der Waals surface area contributed by atoms with Crippen molar-refractivity contribution < 1.29 is 13.2 Å². The Kier molecular flexibility index (Phi) is 7.76. The molecule has 0 saturated carbocycles. The summed E-state index contributed by atoms with van der Waals surface area (Å²) < 4.78 is 23.0. The predicted molar refractivity (Wildman–Crippen MR) is 139 cm³/mol. The molecule has 0 radical (unpaired) electrons. The minimum absolute atomic E-state index is 0.164. The molecule has 2 aromatic rings. The predicted octanol–water partition coefficient (Wildman–Crippen LogP) is 3.92. The molecule has 1 aliphatic carbocycles. The summed E-state index contributed by atoms with van der Waals surface area (Å²) in [5, 5.41) is 9.04. The highest BCUT2D eigenvalue weighted by Crippen LogP contribution is 2.39. The van der Waals surface area contributed by atoms with Gasteiger partial charge < -0.3 is 9.88 Å². The zero-order valence-corrected chi connectivity index (χ0v) is 22.2. The minimum Gasteiger partial charge on any atom is -0.327 e. The number of likely N-dealkylation sites (tertiary alicyclic amines) is 1. The lowest BCUT2D eigenvalue weighted by Gasteiger charge is -2.32.